The molecule has 0 bridgehead atoms. The molecule has 4 heterocycles. The highest BCUT2D eigenvalue weighted by Crippen LogP contribution is 2.39. The van der Waals surface area contributed by atoms with Crippen molar-refractivity contribution >= 4 is 5.91 Å². The molecule has 2 aliphatic rings. The van der Waals surface area contributed by atoms with Gasteiger partial charge in [0.05, 0.1) is 5.60 Å². The number of hydrogen-bond acceptors (Lipinski definition) is 6. The van der Waals surface area contributed by atoms with Gasteiger partial charge >= 0.3 is 0 Å². The topological polar surface area (TPSA) is 81.4 Å². The van der Waals surface area contributed by atoms with Gasteiger partial charge in [-0.3, -0.25) is 9.78 Å². The van der Waals surface area contributed by atoms with E-state index in [4.69, 9.17) is 9.26 Å². The van der Waals surface area contributed by atoms with E-state index in [1.54, 1.807) is 12.4 Å². The first-order valence-corrected chi connectivity index (χ1v) is 11.9. The fourth-order valence-corrected chi connectivity index (χ4v) is 5.07. The van der Waals surface area contributed by atoms with Crippen molar-refractivity contribution in [2.45, 2.75) is 50.5 Å². The van der Waals surface area contributed by atoms with Crippen LogP contribution in [0.4, 0.5) is 0 Å². The van der Waals surface area contributed by atoms with Crippen LogP contribution in [0.3, 0.4) is 0 Å². The van der Waals surface area contributed by atoms with Gasteiger partial charge in [-0.15, -0.1) is 0 Å². The number of likely N-dealkylation sites (tertiary alicyclic amines) is 1. The quantitative estimate of drug-likeness (QED) is 0.567. The first-order valence-electron chi connectivity index (χ1n) is 11.9. The number of aryl methyl sites for hydroxylation is 1. The zero-order valence-corrected chi connectivity index (χ0v) is 18.9. The van der Waals surface area contributed by atoms with Crippen LogP contribution < -0.4 is 0 Å². The molecule has 33 heavy (non-hydrogen) atoms. The van der Waals surface area contributed by atoms with Crippen LogP contribution in [0, 0.1) is 5.92 Å². The molecule has 2 aromatic heterocycles. The normalized spacial score (nSPS) is 20.1. The summed E-state index contributed by atoms with van der Waals surface area (Å²) in [5, 5.41) is 4.14. The van der Waals surface area contributed by atoms with Gasteiger partial charge in [0.2, 0.25) is 17.6 Å². The number of hydrogen-bond donors (Lipinski definition) is 0. The lowest BCUT2D eigenvalue weighted by molar-refractivity contribution is -0.147. The Morgan fingerprint density at radius 2 is 1.88 bits per heavy atom. The number of carbonyl (C=O) groups is 1. The minimum Gasteiger partial charge on any atom is -0.375 e. The Morgan fingerprint density at radius 1 is 1.09 bits per heavy atom. The Bertz CT molecular complexity index is 1050. The summed E-state index contributed by atoms with van der Waals surface area (Å²) >= 11 is 0. The molecule has 172 valence electrons. The number of amides is 1. The van der Waals surface area contributed by atoms with E-state index in [0.29, 0.717) is 24.1 Å². The highest BCUT2D eigenvalue weighted by atomic mass is 16.5. The van der Waals surface area contributed by atoms with Crippen molar-refractivity contribution in [1.29, 1.82) is 0 Å². The fourth-order valence-electron chi connectivity index (χ4n) is 5.07. The Balaban J connectivity index is 1.13. The molecule has 0 aliphatic carbocycles. The molecule has 2 aliphatic heterocycles. The Morgan fingerprint density at radius 3 is 2.67 bits per heavy atom. The van der Waals surface area contributed by atoms with Crippen LogP contribution in [0.1, 0.15) is 43.6 Å². The van der Waals surface area contributed by atoms with Crippen LogP contribution in [-0.2, 0) is 22.4 Å². The summed E-state index contributed by atoms with van der Waals surface area (Å²) in [6.07, 6.45) is 9.35. The van der Waals surface area contributed by atoms with Crippen molar-refractivity contribution in [3.05, 3.63) is 66.3 Å². The number of ether oxygens (including phenoxy) is 1. The second kappa shape index (κ2) is 9.83. The number of benzene rings is 1. The van der Waals surface area contributed by atoms with E-state index < -0.39 is 0 Å². The van der Waals surface area contributed by atoms with Crippen molar-refractivity contribution < 1.29 is 14.1 Å². The number of carbonyl (C=O) groups excluding carboxylic acids is 1. The Kier molecular flexibility index (Phi) is 6.48. The lowest BCUT2D eigenvalue weighted by atomic mass is 9.78. The predicted molar refractivity (Wildman–Crippen MR) is 123 cm³/mol. The summed E-state index contributed by atoms with van der Waals surface area (Å²) in [4.78, 5) is 23.4. The fraction of sp³-hybridized carbons (Fsp3) is 0.462. The number of nitrogens with zero attached hydrogens (tertiary/aromatic N) is 4. The zero-order chi connectivity index (χ0) is 22.5. The molecule has 2 fully saturated rings. The van der Waals surface area contributed by atoms with Gasteiger partial charge in [0, 0.05) is 50.5 Å². The molecule has 1 aromatic carbocycles. The zero-order valence-electron chi connectivity index (χ0n) is 18.9. The van der Waals surface area contributed by atoms with Crippen molar-refractivity contribution in [1.82, 2.24) is 20.0 Å². The van der Waals surface area contributed by atoms with Crippen molar-refractivity contribution in [3.63, 3.8) is 0 Å². The largest absolute Gasteiger partial charge is 0.375 e. The second-order valence-corrected chi connectivity index (χ2v) is 9.21. The SMILES string of the molecule is O=C(CCc1ccccc1)N1CCC2(CC1)CC(Cc1nc(-c3ccncc3)no1)CCO2. The molecule has 1 atom stereocenters. The van der Waals surface area contributed by atoms with Gasteiger partial charge in [0.25, 0.3) is 0 Å². The third-order valence-corrected chi connectivity index (χ3v) is 6.96. The maximum atomic E-state index is 12.7. The van der Waals surface area contributed by atoms with Crippen molar-refractivity contribution in [2.24, 2.45) is 5.92 Å². The number of rotatable bonds is 6. The molecular formula is C26H30N4O3. The van der Waals surface area contributed by atoms with E-state index >= 15 is 0 Å². The van der Waals surface area contributed by atoms with Crippen molar-refractivity contribution in [2.75, 3.05) is 19.7 Å². The number of piperidine rings is 1. The average Bonchev–Trinajstić information content (AvgIpc) is 3.33. The average molecular weight is 447 g/mol. The minimum absolute atomic E-state index is 0.132. The first-order chi connectivity index (χ1) is 16.2. The number of pyridine rings is 1. The summed E-state index contributed by atoms with van der Waals surface area (Å²) in [7, 11) is 0. The molecule has 5 rings (SSSR count). The van der Waals surface area contributed by atoms with Crippen LogP contribution in [0.2, 0.25) is 0 Å². The Hall–Kier alpha value is -3.06. The second-order valence-electron chi connectivity index (χ2n) is 9.21. The van der Waals surface area contributed by atoms with E-state index in [2.05, 4.69) is 27.3 Å². The molecule has 0 N–H and O–H groups in total. The minimum atomic E-state index is -0.132. The molecule has 3 aromatic rings. The van der Waals surface area contributed by atoms with Crippen LogP contribution in [0.25, 0.3) is 11.4 Å². The summed E-state index contributed by atoms with van der Waals surface area (Å²) in [5.41, 5.74) is 1.99. The summed E-state index contributed by atoms with van der Waals surface area (Å²) in [5.74, 6) is 1.98. The van der Waals surface area contributed by atoms with Gasteiger partial charge < -0.3 is 14.2 Å². The predicted octanol–water partition coefficient (Wildman–Crippen LogP) is 4.09. The molecule has 7 nitrogen and oxygen atoms in total. The van der Waals surface area contributed by atoms with E-state index in [0.717, 1.165) is 63.8 Å². The van der Waals surface area contributed by atoms with Gasteiger partial charge in [0.1, 0.15) is 0 Å². The maximum absolute atomic E-state index is 12.7. The van der Waals surface area contributed by atoms with Gasteiger partial charge in [-0.1, -0.05) is 35.5 Å². The lowest BCUT2D eigenvalue weighted by Crippen LogP contribution is -2.51. The van der Waals surface area contributed by atoms with Gasteiger partial charge in [-0.25, -0.2) is 0 Å². The number of aromatic nitrogens is 3. The molecular weight excluding hydrogens is 416 g/mol. The molecule has 7 heteroatoms. The van der Waals surface area contributed by atoms with E-state index in [-0.39, 0.29) is 11.5 Å². The first kappa shape index (κ1) is 21.8. The van der Waals surface area contributed by atoms with Crippen LogP contribution in [-0.4, -0.2) is 51.2 Å². The van der Waals surface area contributed by atoms with Crippen LogP contribution >= 0.6 is 0 Å². The summed E-state index contributed by atoms with van der Waals surface area (Å²) in [6, 6.07) is 14.0. The molecule has 0 saturated carbocycles. The van der Waals surface area contributed by atoms with Crippen LogP contribution in [0.15, 0.2) is 59.4 Å². The molecule has 1 unspecified atom stereocenters. The van der Waals surface area contributed by atoms with Crippen molar-refractivity contribution in [3.8, 4) is 11.4 Å². The van der Waals surface area contributed by atoms with E-state index in [1.165, 1.54) is 5.56 Å². The highest BCUT2D eigenvalue weighted by molar-refractivity contribution is 5.76. The molecule has 1 amide bonds. The third kappa shape index (κ3) is 5.30. The smallest absolute Gasteiger partial charge is 0.227 e. The summed E-state index contributed by atoms with van der Waals surface area (Å²) < 4.78 is 11.8. The molecule has 2 saturated heterocycles. The van der Waals surface area contributed by atoms with E-state index in [9.17, 15) is 4.79 Å². The van der Waals surface area contributed by atoms with Gasteiger partial charge in [-0.2, -0.15) is 4.98 Å². The van der Waals surface area contributed by atoms with Gasteiger partial charge in [0.15, 0.2) is 0 Å². The highest BCUT2D eigenvalue weighted by Gasteiger charge is 2.41. The molecule has 0 radical (unpaired) electrons. The maximum Gasteiger partial charge on any atom is 0.227 e. The standard InChI is InChI=1S/C26H30N4O3/c31-24(7-6-20-4-2-1-3-5-20)30-15-11-26(12-16-30)19-21(10-17-32-26)18-23-28-25(29-33-23)22-8-13-27-14-9-22/h1-5,8-9,13-14,21H,6-7,10-12,15-19H2. The summed E-state index contributed by atoms with van der Waals surface area (Å²) in [6.45, 7) is 2.29. The van der Waals surface area contributed by atoms with E-state index in [1.807, 2.05) is 35.2 Å². The monoisotopic (exact) mass is 446 g/mol. The molecule has 1 spiro atoms. The lowest BCUT2D eigenvalue weighted by Gasteiger charge is -2.46. The van der Waals surface area contributed by atoms with Crippen LogP contribution in [0.5, 0.6) is 0 Å². The Labute approximate surface area is 194 Å². The van der Waals surface area contributed by atoms with Gasteiger partial charge in [-0.05, 0) is 55.7 Å². The third-order valence-electron chi connectivity index (χ3n) is 6.96.